The van der Waals surface area contributed by atoms with Crippen LogP contribution in [-0.2, 0) is 20.8 Å². The SMILES string of the molecule is CCCNC(=O)CSc1nnnn1CC(OC)OC. The summed E-state index contributed by atoms with van der Waals surface area (Å²) in [5.74, 6) is 0.252. The average molecular weight is 289 g/mol. The maximum Gasteiger partial charge on any atom is 0.230 e. The van der Waals surface area contributed by atoms with Gasteiger partial charge in [-0.25, -0.2) is 4.68 Å². The van der Waals surface area contributed by atoms with Crippen LogP contribution < -0.4 is 5.32 Å². The van der Waals surface area contributed by atoms with Gasteiger partial charge >= 0.3 is 0 Å². The molecule has 1 heterocycles. The van der Waals surface area contributed by atoms with E-state index in [1.165, 1.54) is 11.8 Å². The number of tetrazole rings is 1. The summed E-state index contributed by atoms with van der Waals surface area (Å²) in [6.45, 7) is 3.06. The van der Waals surface area contributed by atoms with Gasteiger partial charge in [-0.15, -0.1) is 5.10 Å². The molecule has 0 spiro atoms. The number of nitrogens with one attached hydrogen (secondary N) is 1. The maximum atomic E-state index is 11.5. The fraction of sp³-hybridized carbons (Fsp3) is 0.800. The molecule has 1 N–H and O–H groups in total. The van der Waals surface area contributed by atoms with Crippen LogP contribution >= 0.6 is 11.8 Å². The number of thioether (sulfide) groups is 1. The summed E-state index contributed by atoms with van der Waals surface area (Å²) in [5.41, 5.74) is 0. The molecule has 0 saturated heterocycles. The summed E-state index contributed by atoms with van der Waals surface area (Å²) >= 11 is 1.28. The number of amides is 1. The minimum Gasteiger partial charge on any atom is -0.355 e. The number of aromatic nitrogens is 4. The van der Waals surface area contributed by atoms with E-state index < -0.39 is 6.29 Å². The molecule has 1 aromatic rings. The van der Waals surface area contributed by atoms with E-state index in [0.29, 0.717) is 18.2 Å². The van der Waals surface area contributed by atoms with Crippen molar-refractivity contribution in [3.63, 3.8) is 0 Å². The largest absolute Gasteiger partial charge is 0.355 e. The molecule has 19 heavy (non-hydrogen) atoms. The van der Waals surface area contributed by atoms with Gasteiger partial charge in [0.05, 0.1) is 12.3 Å². The minimum atomic E-state index is -0.420. The molecule has 0 unspecified atom stereocenters. The van der Waals surface area contributed by atoms with Gasteiger partial charge in [0.25, 0.3) is 0 Å². The lowest BCUT2D eigenvalue weighted by molar-refractivity contribution is -0.118. The van der Waals surface area contributed by atoms with Crippen molar-refractivity contribution in [1.29, 1.82) is 0 Å². The molecule has 108 valence electrons. The quantitative estimate of drug-likeness (QED) is 0.502. The van der Waals surface area contributed by atoms with Gasteiger partial charge in [-0.2, -0.15) is 0 Å². The molecule has 1 aromatic heterocycles. The zero-order valence-corrected chi connectivity index (χ0v) is 12.1. The highest BCUT2D eigenvalue weighted by atomic mass is 32.2. The van der Waals surface area contributed by atoms with Crippen molar-refractivity contribution in [2.75, 3.05) is 26.5 Å². The molecule has 0 aliphatic carbocycles. The molecule has 0 radical (unpaired) electrons. The standard InChI is InChI=1S/C10H19N5O3S/c1-4-5-11-8(16)7-19-10-12-13-14-15(10)6-9(17-2)18-3/h9H,4-7H2,1-3H3,(H,11,16). The van der Waals surface area contributed by atoms with E-state index in [4.69, 9.17) is 9.47 Å². The first-order chi connectivity index (χ1) is 9.21. The molecule has 0 aliphatic rings. The molecule has 9 heteroatoms. The van der Waals surface area contributed by atoms with Crippen LogP contribution in [0.4, 0.5) is 0 Å². The summed E-state index contributed by atoms with van der Waals surface area (Å²) < 4.78 is 11.7. The van der Waals surface area contributed by atoms with Crippen molar-refractivity contribution in [2.45, 2.75) is 31.3 Å². The molecule has 0 saturated carbocycles. The average Bonchev–Trinajstić information content (AvgIpc) is 2.87. The fourth-order valence-electron chi connectivity index (χ4n) is 1.25. The molecular weight excluding hydrogens is 270 g/mol. The van der Waals surface area contributed by atoms with Gasteiger partial charge < -0.3 is 14.8 Å². The van der Waals surface area contributed by atoms with Crippen LogP contribution in [0, 0.1) is 0 Å². The van der Waals surface area contributed by atoms with Crippen molar-refractivity contribution in [1.82, 2.24) is 25.5 Å². The van der Waals surface area contributed by atoms with Crippen molar-refractivity contribution in [3.05, 3.63) is 0 Å². The van der Waals surface area contributed by atoms with Crippen LogP contribution in [0.1, 0.15) is 13.3 Å². The van der Waals surface area contributed by atoms with E-state index >= 15 is 0 Å². The first-order valence-electron chi connectivity index (χ1n) is 5.92. The van der Waals surface area contributed by atoms with Gasteiger partial charge in [0.15, 0.2) is 6.29 Å². The van der Waals surface area contributed by atoms with Gasteiger partial charge in [-0.05, 0) is 16.8 Å². The van der Waals surface area contributed by atoms with Crippen molar-refractivity contribution < 1.29 is 14.3 Å². The Bertz CT molecular complexity index is 383. The number of methoxy groups -OCH3 is 2. The zero-order chi connectivity index (χ0) is 14.1. The van der Waals surface area contributed by atoms with Gasteiger partial charge in [0, 0.05) is 20.8 Å². The number of nitrogens with zero attached hydrogens (tertiary/aromatic N) is 4. The monoisotopic (exact) mass is 289 g/mol. The lowest BCUT2D eigenvalue weighted by Gasteiger charge is -2.13. The van der Waals surface area contributed by atoms with E-state index in [2.05, 4.69) is 20.8 Å². The third kappa shape index (κ3) is 5.53. The van der Waals surface area contributed by atoms with Gasteiger partial charge in [-0.3, -0.25) is 4.79 Å². The van der Waals surface area contributed by atoms with Crippen LogP contribution in [0.3, 0.4) is 0 Å². The Morgan fingerprint density at radius 2 is 2.21 bits per heavy atom. The zero-order valence-electron chi connectivity index (χ0n) is 11.3. The predicted octanol–water partition coefficient (Wildman–Crippen LogP) is -0.0897. The molecule has 1 amide bonds. The first-order valence-corrected chi connectivity index (χ1v) is 6.91. The van der Waals surface area contributed by atoms with E-state index in [9.17, 15) is 4.79 Å². The summed E-state index contributed by atoms with van der Waals surface area (Å²) in [7, 11) is 3.09. The minimum absolute atomic E-state index is 0.0311. The van der Waals surface area contributed by atoms with E-state index in [-0.39, 0.29) is 11.7 Å². The summed E-state index contributed by atoms with van der Waals surface area (Å²) in [5, 5.41) is 14.6. The van der Waals surface area contributed by atoms with Gasteiger partial charge in [0.1, 0.15) is 0 Å². The molecule has 1 rings (SSSR count). The van der Waals surface area contributed by atoms with E-state index in [1.54, 1.807) is 18.9 Å². The summed E-state index contributed by atoms with van der Waals surface area (Å²) in [6.07, 6.45) is 0.495. The van der Waals surface area contributed by atoms with Gasteiger partial charge in [-0.1, -0.05) is 18.7 Å². The number of hydrogen-bond donors (Lipinski definition) is 1. The Balaban J connectivity index is 2.46. The Labute approximate surface area is 116 Å². The molecule has 8 nitrogen and oxygen atoms in total. The van der Waals surface area contributed by atoms with Crippen LogP contribution in [0.25, 0.3) is 0 Å². The fourth-order valence-corrected chi connectivity index (χ4v) is 1.96. The Hall–Kier alpha value is -1.19. The summed E-state index contributed by atoms with van der Waals surface area (Å²) in [4.78, 5) is 11.5. The number of carbonyl (C=O) groups excluding carboxylic acids is 1. The smallest absolute Gasteiger partial charge is 0.230 e. The highest BCUT2D eigenvalue weighted by Crippen LogP contribution is 2.13. The number of ether oxygens (including phenoxy) is 2. The Morgan fingerprint density at radius 1 is 1.47 bits per heavy atom. The molecule has 0 aromatic carbocycles. The molecule has 0 atom stereocenters. The normalized spacial score (nSPS) is 10.9. The number of carbonyl (C=O) groups is 1. The number of hydrogen-bond acceptors (Lipinski definition) is 7. The van der Waals surface area contributed by atoms with Crippen LogP contribution in [-0.4, -0.2) is 58.9 Å². The van der Waals surface area contributed by atoms with Crippen molar-refractivity contribution in [3.8, 4) is 0 Å². The predicted molar refractivity (Wildman–Crippen MR) is 69.6 cm³/mol. The van der Waals surface area contributed by atoms with Crippen LogP contribution in [0.5, 0.6) is 0 Å². The second-order valence-corrected chi connectivity index (χ2v) is 4.63. The van der Waals surface area contributed by atoms with Crippen molar-refractivity contribution in [2.24, 2.45) is 0 Å². The molecule has 0 bridgehead atoms. The molecule has 0 fully saturated rings. The molecular formula is C10H19N5O3S. The third-order valence-corrected chi connectivity index (χ3v) is 3.21. The summed E-state index contributed by atoms with van der Waals surface area (Å²) in [6, 6.07) is 0. The second kappa shape index (κ2) is 8.83. The van der Waals surface area contributed by atoms with Crippen LogP contribution in [0.2, 0.25) is 0 Å². The van der Waals surface area contributed by atoms with Crippen LogP contribution in [0.15, 0.2) is 5.16 Å². The second-order valence-electron chi connectivity index (χ2n) is 3.68. The Morgan fingerprint density at radius 3 is 2.84 bits per heavy atom. The first kappa shape index (κ1) is 15.9. The maximum absolute atomic E-state index is 11.5. The van der Waals surface area contributed by atoms with E-state index in [0.717, 1.165) is 6.42 Å². The Kier molecular flexibility index (Phi) is 7.38. The van der Waals surface area contributed by atoms with Gasteiger partial charge in [0.2, 0.25) is 11.1 Å². The molecule has 0 aliphatic heterocycles. The lowest BCUT2D eigenvalue weighted by atomic mass is 10.5. The highest BCUT2D eigenvalue weighted by molar-refractivity contribution is 7.99. The topological polar surface area (TPSA) is 91.2 Å². The van der Waals surface area contributed by atoms with E-state index in [1.807, 2.05) is 6.92 Å². The lowest BCUT2D eigenvalue weighted by Crippen LogP contribution is -2.26. The highest BCUT2D eigenvalue weighted by Gasteiger charge is 2.14. The number of rotatable bonds is 9. The third-order valence-electron chi connectivity index (χ3n) is 2.25. The van der Waals surface area contributed by atoms with Crippen molar-refractivity contribution >= 4 is 17.7 Å².